The van der Waals surface area contributed by atoms with Gasteiger partial charge in [0.05, 0.1) is 16.0 Å². The number of nitrogens with zero attached hydrogens (tertiary/aromatic N) is 4. The Labute approximate surface area is 237 Å². The summed E-state index contributed by atoms with van der Waals surface area (Å²) in [7, 11) is 0. The molecule has 6 nitrogen and oxygen atoms in total. The summed E-state index contributed by atoms with van der Waals surface area (Å²) in [6.07, 6.45) is 5.29. The van der Waals surface area contributed by atoms with Crippen molar-refractivity contribution in [2.24, 2.45) is 27.0 Å². The fourth-order valence-corrected chi connectivity index (χ4v) is 7.46. The van der Waals surface area contributed by atoms with Gasteiger partial charge in [-0.15, -0.1) is 5.10 Å². The van der Waals surface area contributed by atoms with Crippen LogP contribution in [0.3, 0.4) is 0 Å². The highest BCUT2D eigenvalue weighted by Crippen LogP contribution is 2.64. The van der Waals surface area contributed by atoms with E-state index in [1.165, 1.54) is 18.2 Å². The zero-order valence-corrected chi connectivity index (χ0v) is 23.6. The van der Waals surface area contributed by atoms with Crippen LogP contribution in [0.2, 0.25) is 0 Å². The highest BCUT2D eigenvalue weighted by molar-refractivity contribution is 8.19. The Morgan fingerprint density at radius 1 is 1.00 bits per heavy atom. The van der Waals surface area contributed by atoms with Crippen LogP contribution in [0.5, 0.6) is 0 Å². The van der Waals surface area contributed by atoms with Gasteiger partial charge in [0, 0.05) is 16.7 Å². The van der Waals surface area contributed by atoms with E-state index in [1.54, 1.807) is 4.90 Å². The third-order valence-corrected chi connectivity index (χ3v) is 10.4. The van der Waals surface area contributed by atoms with E-state index < -0.39 is 0 Å². The number of hydrogen-bond donors (Lipinski definition) is 0. The second kappa shape index (κ2) is 9.30. The average Bonchev–Trinajstić information content (AvgIpc) is 3.64. The molecule has 2 atom stereocenters. The summed E-state index contributed by atoms with van der Waals surface area (Å²) in [4.78, 5) is 16.1. The molecule has 2 unspecified atom stereocenters. The average molecular weight is 547 g/mol. The van der Waals surface area contributed by atoms with Crippen molar-refractivity contribution in [2.45, 2.75) is 40.0 Å². The van der Waals surface area contributed by atoms with Crippen molar-refractivity contribution >= 4 is 51.2 Å². The minimum absolute atomic E-state index is 0.0513. The van der Waals surface area contributed by atoms with Gasteiger partial charge in [-0.25, -0.2) is 0 Å². The molecule has 1 aromatic heterocycles. The zero-order valence-electron chi connectivity index (χ0n) is 22.8. The van der Waals surface area contributed by atoms with E-state index in [0.717, 1.165) is 46.3 Å². The van der Waals surface area contributed by atoms with Crippen molar-refractivity contribution in [2.75, 3.05) is 4.90 Å². The lowest BCUT2D eigenvalue weighted by Gasteiger charge is -2.34. The number of amidine groups is 1. The van der Waals surface area contributed by atoms with E-state index in [9.17, 15) is 4.79 Å². The molecular formula is C33H30N4O2S. The van der Waals surface area contributed by atoms with Crippen LogP contribution in [-0.2, 0) is 4.79 Å². The van der Waals surface area contributed by atoms with Crippen LogP contribution in [0.25, 0.3) is 28.3 Å². The molecule has 1 amide bonds. The van der Waals surface area contributed by atoms with Crippen LogP contribution in [0, 0.1) is 16.7 Å². The first-order valence-corrected chi connectivity index (χ1v) is 14.6. The predicted molar refractivity (Wildman–Crippen MR) is 163 cm³/mol. The summed E-state index contributed by atoms with van der Waals surface area (Å²) in [5.74, 6) is 1.25. The number of carbonyl (C=O) groups excluding carboxylic acids is 1. The summed E-state index contributed by atoms with van der Waals surface area (Å²) in [6.45, 7) is 7.05. The molecule has 200 valence electrons. The van der Waals surface area contributed by atoms with Crippen molar-refractivity contribution in [1.29, 1.82) is 0 Å². The molecule has 40 heavy (non-hydrogen) atoms. The SMILES string of the molecule is CC12CCC(CC1=NN=C1SC(=Cc3ccc4noc(-c5ccccc5)c4c3)C(=O)N1c1ccccc1)C2(C)C. The normalized spacial score (nSPS) is 26.7. The van der Waals surface area contributed by atoms with Crippen molar-refractivity contribution < 1.29 is 9.32 Å². The van der Waals surface area contributed by atoms with Crippen molar-refractivity contribution in [1.82, 2.24) is 5.16 Å². The number of fused-ring (bicyclic) bond motifs is 3. The number of carbonyl (C=O) groups is 1. The Hall–Kier alpha value is -3.97. The van der Waals surface area contributed by atoms with Crippen LogP contribution < -0.4 is 4.90 Å². The monoisotopic (exact) mass is 546 g/mol. The minimum Gasteiger partial charge on any atom is -0.355 e. The lowest BCUT2D eigenvalue weighted by atomic mass is 9.70. The number of benzene rings is 3. The molecule has 3 aromatic carbocycles. The maximum Gasteiger partial charge on any atom is 0.271 e. The number of aromatic nitrogens is 1. The first kappa shape index (κ1) is 25.0. The Balaban J connectivity index is 1.27. The number of hydrogen-bond acceptors (Lipinski definition) is 6. The lowest BCUT2D eigenvalue weighted by Crippen LogP contribution is -2.32. The van der Waals surface area contributed by atoms with Gasteiger partial charge < -0.3 is 4.52 Å². The summed E-state index contributed by atoms with van der Waals surface area (Å²) < 4.78 is 5.68. The largest absolute Gasteiger partial charge is 0.355 e. The molecule has 0 spiro atoms. The highest BCUT2D eigenvalue weighted by atomic mass is 32.2. The number of para-hydroxylation sites is 1. The topological polar surface area (TPSA) is 71.1 Å². The quantitative estimate of drug-likeness (QED) is 0.191. The molecule has 7 rings (SSSR count). The van der Waals surface area contributed by atoms with Gasteiger partial charge in [-0.1, -0.05) is 80.5 Å². The number of rotatable bonds is 4. The third-order valence-electron chi connectivity index (χ3n) is 9.42. The molecule has 3 fully saturated rings. The van der Waals surface area contributed by atoms with Crippen molar-refractivity contribution in [3.05, 3.63) is 89.3 Å². The van der Waals surface area contributed by atoms with Crippen molar-refractivity contribution in [3.8, 4) is 11.3 Å². The Morgan fingerprint density at radius 2 is 1.75 bits per heavy atom. The molecule has 0 N–H and O–H groups in total. The molecule has 0 radical (unpaired) electrons. The molecule has 2 bridgehead atoms. The molecule has 3 aliphatic rings. The van der Waals surface area contributed by atoms with Gasteiger partial charge in [-0.3, -0.25) is 9.69 Å². The summed E-state index contributed by atoms with van der Waals surface area (Å²) >= 11 is 1.37. The first-order chi connectivity index (χ1) is 19.3. The number of thioether (sulfide) groups is 1. The van der Waals surface area contributed by atoms with Crippen LogP contribution in [-0.4, -0.2) is 21.9 Å². The fraction of sp³-hybridized carbons (Fsp3) is 0.273. The molecule has 4 aromatic rings. The Morgan fingerprint density at radius 3 is 2.45 bits per heavy atom. The number of amides is 1. The van der Waals surface area contributed by atoms with Crippen LogP contribution in [0.15, 0.2) is 98.5 Å². The Bertz CT molecular complexity index is 1720. The van der Waals surface area contributed by atoms with E-state index in [1.807, 2.05) is 84.9 Å². The van der Waals surface area contributed by atoms with Gasteiger partial charge in [0.25, 0.3) is 5.91 Å². The molecule has 1 aliphatic heterocycles. The lowest BCUT2D eigenvalue weighted by molar-refractivity contribution is -0.113. The summed E-state index contributed by atoms with van der Waals surface area (Å²) in [6, 6.07) is 25.5. The van der Waals surface area contributed by atoms with E-state index in [0.29, 0.717) is 21.8 Å². The summed E-state index contributed by atoms with van der Waals surface area (Å²) in [5.41, 5.74) is 4.84. The Kier molecular flexibility index (Phi) is 5.82. The maximum atomic E-state index is 13.8. The zero-order chi connectivity index (χ0) is 27.5. The first-order valence-electron chi connectivity index (χ1n) is 13.7. The molecule has 2 heterocycles. The smallest absolute Gasteiger partial charge is 0.271 e. The van der Waals surface area contributed by atoms with Crippen LogP contribution in [0.4, 0.5) is 5.69 Å². The molecule has 7 heteroatoms. The minimum atomic E-state index is -0.108. The van der Waals surface area contributed by atoms with Gasteiger partial charge in [-0.05, 0) is 78.3 Å². The van der Waals surface area contributed by atoms with Gasteiger partial charge in [-0.2, -0.15) is 5.10 Å². The second-order valence-electron chi connectivity index (χ2n) is 11.7. The number of anilines is 1. The van der Waals surface area contributed by atoms with Gasteiger partial charge in [0.1, 0.15) is 5.52 Å². The standard InChI is InChI=1S/C33H30N4O2S/c1-32(2)23-16-17-33(32,3)28(20-23)34-35-31-37(24-12-8-5-9-13-24)30(38)27(40-31)19-21-14-15-26-25(18-21)29(39-36-26)22-10-6-4-7-11-22/h4-15,18-19,23H,16-17,20H2,1-3H3. The van der Waals surface area contributed by atoms with E-state index in [2.05, 4.69) is 25.9 Å². The molecule has 2 aliphatic carbocycles. The van der Waals surface area contributed by atoms with Gasteiger partial charge in [0.15, 0.2) is 5.76 Å². The highest BCUT2D eigenvalue weighted by Gasteiger charge is 2.60. The fourth-order valence-electron chi connectivity index (χ4n) is 6.53. The molecule has 1 saturated heterocycles. The van der Waals surface area contributed by atoms with Gasteiger partial charge >= 0.3 is 0 Å². The summed E-state index contributed by atoms with van der Waals surface area (Å²) in [5, 5.41) is 15.3. The van der Waals surface area contributed by atoms with E-state index >= 15 is 0 Å². The van der Waals surface area contributed by atoms with Crippen LogP contribution in [0.1, 0.15) is 45.6 Å². The van der Waals surface area contributed by atoms with E-state index in [4.69, 9.17) is 14.7 Å². The van der Waals surface area contributed by atoms with Crippen LogP contribution >= 0.6 is 11.8 Å². The molecular weight excluding hydrogens is 516 g/mol. The van der Waals surface area contributed by atoms with Gasteiger partial charge in [0.2, 0.25) is 5.17 Å². The third kappa shape index (κ3) is 3.86. The van der Waals surface area contributed by atoms with E-state index in [-0.39, 0.29) is 16.7 Å². The van der Waals surface area contributed by atoms with Crippen molar-refractivity contribution in [3.63, 3.8) is 0 Å². The molecule has 2 saturated carbocycles. The maximum absolute atomic E-state index is 13.8. The second-order valence-corrected chi connectivity index (χ2v) is 12.7. The predicted octanol–water partition coefficient (Wildman–Crippen LogP) is 8.17.